The molecule has 0 aromatic carbocycles. The van der Waals surface area contributed by atoms with Crippen molar-refractivity contribution in [3.8, 4) is 0 Å². The Morgan fingerprint density at radius 2 is 2.58 bits per heavy atom. The number of hydrogen-bond acceptors (Lipinski definition) is 1. The van der Waals surface area contributed by atoms with Gasteiger partial charge in [0.15, 0.2) is 0 Å². The maximum atomic E-state index is 4.38. The van der Waals surface area contributed by atoms with Gasteiger partial charge in [0, 0.05) is 18.2 Å². The second-order valence-corrected chi connectivity index (χ2v) is 3.67. The molecule has 0 N–H and O–H groups in total. The van der Waals surface area contributed by atoms with Crippen molar-refractivity contribution in [2.24, 2.45) is 5.92 Å². The van der Waals surface area contributed by atoms with E-state index in [1.165, 1.54) is 17.8 Å². The monoisotopic (exact) mass is 160 g/mol. The summed E-state index contributed by atoms with van der Waals surface area (Å²) in [7, 11) is 0. The number of aromatic nitrogens is 2. The van der Waals surface area contributed by atoms with Crippen molar-refractivity contribution < 1.29 is 0 Å². The molecular weight excluding hydrogens is 148 g/mol. The Bertz CT molecular complexity index is 349. The molecule has 1 saturated carbocycles. The van der Waals surface area contributed by atoms with E-state index >= 15 is 0 Å². The van der Waals surface area contributed by atoms with E-state index in [0.29, 0.717) is 0 Å². The van der Waals surface area contributed by atoms with Gasteiger partial charge in [-0.05, 0) is 25.3 Å². The minimum Gasteiger partial charge on any atom is -0.334 e. The van der Waals surface area contributed by atoms with Gasteiger partial charge in [0.25, 0.3) is 0 Å². The van der Waals surface area contributed by atoms with Gasteiger partial charge in [0.1, 0.15) is 0 Å². The first-order valence-corrected chi connectivity index (χ1v) is 4.63. The molecule has 2 aliphatic rings. The molecule has 1 fully saturated rings. The molecular formula is C10H12N2. The standard InChI is InChI=1S/C10H12N2/c1-2-12-6-11-9-4-3-7-5-8(7)10(9)12/h3-4,6-8H,2,5H2,1H3. The minimum absolute atomic E-state index is 0.799. The first-order chi connectivity index (χ1) is 5.90. The van der Waals surface area contributed by atoms with Gasteiger partial charge in [-0.2, -0.15) is 0 Å². The van der Waals surface area contributed by atoms with Crippen LogP contribution in [0.1, 0.15) is 30.7 Å². The molecule has 3 rings (SSSR count). The fourth-order valence-corrected chi connectivity index (χ4v) is 2.15. The summed E-state index contributed by atoms with van der Waals surface area (Å²) in [6.07, 6.45) is 7.79. The molecule has 1 aromatic rings. The molecule has 0 saturated heterocycles. The molecule has 2 aliphatic carbocycles. The highest BCUT2D eigenvalue weighted by atomic mass is 15.1. The minimum atomic E-state index is 0.799. The first kappa shape index (κ1) is 6.46. The Hall–Kier alpha value is -1.05. The van der Waals surface area contributed by atoms with Crippen LogP contribution >= 0.6 is 0 Å². The molecule has 2 atom stereocenters. The van der Waals surface area contributed by atoms with Crippen molar-refractivity contribution in [1.29, 1.82) is 0 Å². The predicted molar refractivity (Wildman–Crippen MR) is 47.8 cm³/mol. The number of hydrogen-bond donors (Lipinski definition) is 0. The normalized spacial score (nSPS) is 29.8. The third-order valence-electron chi connectivity index (χ3n) is 2.94. The average molecular weight is 160 g/mol. The van der Waals surface area contributed by atoms with Gasteiger partial charge in [0.2, 0.25) is 0 Å². The number of allylic oxidation sites excluding steroid dienone is 1. The average Bonchev–Trinajstić information content (AvgIpc) is 2.78. The molecule has 2 nitrogen and oxygen atoms in total. The molecule has 1 aromatic heterocycles. The van der Waals surface area contributed by atoms with E-state index < -0.39 is 0 Å². The summed E-state index contributed by atoms with van der Waals surface area (Å²) in [4.78, 5) is 4.38. The van der Waals surface area contributed by atoms with Crippen LogP contribution in [0.4, 0.5) is 0 Å². The molecule has 0 spiro atoms. The number of aryl methyl sites for hydroxylation is 1. The van der Waals surface area contributed by atoms with Crippen molar-refractivity contribution >= 4 is 6.08 Å². The van der Waals surface area contributed by atoms with Crippen LogP contribution in [0.5, 0.6) is 0 Å². The van der Waals surface area contributed by atoms with Gasteiger partial charge in [0.05, 0.1) is 12.0 Å². The third-order valence-corrected chi connectivity index (χ3v) is 2.94. The number of nitrogens with zero attached hydrogens (tertiary/aromatic N) is 2. The molecule has 62 valence electrons. The van der Waals surface area contributed by atoms with Crippen LogP contribution in [0, 0.1) is 5.92 Å². The van der Waals surface area contributed by atoms with E-state index in [1.54, 1.807) is 0 Å². The Labute approximate surface area is 71.9 Å². The predicted octanol–water partition coefficient (Wildman–Crippen LogP) is 2.03. The van der Waals surface area contributed by atoms with Crippen LogP contribution in [-0.2, 0) is 6.54 Å². The summed E-state index contributed by atoms with van der Waals surface area (Å²) < 4.78 is 2.28. The lowest BCUT2D eigenvalue weighted by atomic mass is 10.1. The highest BCUT2D eigenvalue weighted by Crippen LogP contribution is 2.52. The van der Waals surface area contributed by atoms with Crippen LogP contribution in [0.15, 0.2) is 12.4 Å². The molecule has 0 aliphatic heterocycles. The zero-order valence-corrected chi connectivity index (χ0v) is 7.20. The van der Waals surface area contributed by atoms with Crippen LogP contribution < -0.4 is 0 Å². The summed E-state index contributed by atoms with van der Waals surface area (Å²) in [6, 6.07) is 0. The maximum absolute atomic E-state index is 4.38. The van der Waals surface area contributed by atoms with Gasteiger partial charge >= 0.3 is 0 Å². The van der Waals surface area contributed by atoms with Crippen molar-refractivity contribution in [1.82, 2.24) is 9.55 Å². The molecule has 12 heavy (non-hydrogen) atoms. The van der Waals surface area contributed by atoms with Crippen molar-refractivity contribution in [3.63, 3.8) is 0 Å². The van der Waals surface area contributed by atoms with E-state index in [2.05, 4.69) is 28.6 Å². The fraction of sp³-hybridized carbons (Fsp3) is 0.500. The highest BCUT2D eigenvalue weighted by molar-refractivity contribution is 5.55. The summed E-state index contributed by atoms with van der Waals surface area (Å²) in [6.45, 7) is 3.23. The van der Waals surface area contributed by atoms with Gasteiger partial charge in [-0.3, -0.25) is 0 Å². The lowest BCUT2D eigenvalue weighted by molar-refractivity contribution is 0.704. The molecule has 2 unspecified atom stereocenters. The summed E-state index contributed by atoms with van der Waals surface area (Å²) in [5.74, 6) is 1.63. The molecule has 1 heterocycles. The first-order valence-electron chi connectivity index (χ1n) is 4.63. The Balaban J connectivity index is 2.18. The quantitative estimate of drug-likeness (QED) is 0.614. The van der Waals surface area contributed by atoms with E-state index in [9.17, 15) is 0 Å². The zero-order chi connectivity index (χ0) is 8.13. The smallest absolute Gasteiger partial charge is 0.0955 e. The van der Waals surface area contributed by atoms with E-state index in [1.807, 2.05) is 6.33 Å². The zero-order valence-electron chi connectivity index (χ0n) is 7.20. The van der Waals surface area contributed by atoms with Gasteiger partial charge < -0.3 is 4.57 Å². The van der Waals surface area contributed by atoms with Gasteiger partial charge in [-0.15, -0.1) is 0 Å². The SMILES string of the molecule is CCn1cnc2c1C1CC1C=C2. The lowest BCUT2D eigenvalue weighted by Gasteiger charge is -2.07. The molecule has 2 heteroatoms. The van der Waals surface area contributed by atoms with Crippen LogP contribution in [0.25, 0.3) is 6.08 Å². The van der Waals surface area contributed by atoms with Crippen LogP contribution in [0.3, 0.4) is 0 Å². The highest BCUT2D eigenvalue weighted by Gasteiger charge is 2.42. The molecule has 0 bridgehead atoms. The van der Waals surface area contributed by atoms with Crippen LogP contribution in [-0.4, -0.2) is 9.55 Å². The topological polar surface area (TPSA) is 17.8 Å². The lowest BCUT2D eigenvalue weighted by Crippen LogP contribution is -2.01. The Morgan fingerprint density at radius 1 is 1.67 bits per heavy atom. The van der Waals surface area contributed by atoms with Crippen molar-refractivity contribution in [3.05, 3.63) is 23.8 Å². The number of imidazole rings is 1. The van der Waals surface area contributed by atoms with E-state index in [0.717, 1.165) is 18.4 Å². The number of fused-ring (bicyclic) bond motifs is 3. The summed E-state index contributed by atoms with van der Waals surface area (Å²) in [5.41, 5.74) is 2.68. The maximum Gasteiger partial charge on any atom is 0.0955 e. The third kappa shape index (κ3) is 0.675. The van der Waals surface area contributed by atoms with Crippen molar-refractivity contribution in [2.45, 2.75) is 25.8 Å². The van der Waals surface area contributed by atoms with Crippen LogP contribution in [0.2, 0.25) is 0 Å². The second-order valence-electron chi connectivity index (χ2n) is 3.67. The molecule has 0 radical (unpaired) electrons. The second kappa shape index (κ2) is 2.00. The van der Waals surface area contributed by atoms with E-state index in [-0.39, 0.29) is 0 Å². The largest absolute Gasteiger partial charge is 0.334 e. The molecule has 0 amide bonds. The fourth-order valence-electron chi connectivity index (χ4n) is 2.15. The summed E-state index contributed by atoms with van der Waals surface area (Å²) in [5, 5.41) is 0. The Morgan fingerprint density at radius 3 is 3.42 bits per heavy atom. The number of rotatable bonds is 1. The Kier molecular flexibility index (Phi) is 1.08. The van der Waals surface area contributed by atoms with E-state index in [4.69, 9.17) is 0 Å². The van der Waals surface area contributed by atoms with Gasteiger partial charge in [-0.1, -0.05) is 6.08 Å². The van der Waals surface area contributed by atoms with Crippen molar-refractivity contribution in [2.75, 3.05) is 0 Å². The van der Waals surface area contributed by atoms with Gasteiger partial charge in [-0.25, -0.2) is 4.98 Å². The summed E-state index contributed by atoms with van der Waals surface area (Å²) >= 11 is 0.